The first-order valence-electron chi connectivity index (χ1n) is 6.20. The van der Waals surface area contributed by atoms with Crippen LogP contribution in [0.2, 0.25) is 0 Å². The highest BCUT2D eigenvalue weighted by Crippen LogP contribution is 2.22. The van der Waals surface area contributed by atoms with Gasteiger partial charge in [0.1, 0.15) is 0 Å². The van der Waals surface area contributed by atoms with Crippen LogP contribution in [0.4, 0.5) is 5.69 Å². The molecule has 0 saturated heterocycles. The Labute approximate surface area is 108 Å². The van der Waals surface area contributed by atoms with Crippen LogP contribution in [0.1, 0.15) is 22.7 Å². The molecular weight excluding hydrogens is 222 g/mol. The number of anilines is 1. The van der Waals surface area contributed by atoms with Gasteiger partial charge >= 0.3 is 0 Å². The molecule has 2 aromatic carbocycles. The highest BCUT2D eigenvalue weighted by molar-refractivity contribution is 5.48. The van der Waals surface area contributed by atoms with Gasteiger partial charge in [0.15, 0.2) is 0 Å². The summed E-state index contributed by atoms with van der Waals surface area (Å²) in [5, 5.41) is 12.9. The number of rotatable bonds is 4. The van der Waals surface area contributed by atoms with Crippen molar-refractivity contribution in [3.05, 3.63) is 65.2 Å². The molecule has 0 spiro atoms. The van der Waals surface area contributed by atoms with Crippen LogP contribution in [0.3, 0.4) is 0 Å². The molecule has 2 aromatic rings. The number of aliphatic hydroxyl groups is 1. The van der Waals surface area contributed by atoms with Crippen LogP contribution in [-0.2, 0) is 0 Å². The van der Waals surface area contributed by atoms with Gasteiger partial charge in [-0.1, -0.05) is 36.4 Å². The summed E-state index contributed by atoms with van der Waals surface area (Å²) in [5.74, 6) is 0. The molecule has 0 aliphatic heterocycles. The lowest BCUT2D eigenvalue weighted by Gasteiger charge is -2.20. The first-order valence-corrected chi connectivity index (χ1v) is 6.20. The zero-order valence-corrected chi connectivity index (χ0v) is 10.9. The van der Waals surface area contributed by atoms with Gasteiger partial charge in [0.25, 0.3) is 0 Å². The van der Waals surface area contributed by atoms with Gasteiger partial charge in [-0.2, -0.15) is 0 Å². The fourth-order valence-corrected chi connectivity index (χ4v) is 2.14. The smallest absolute Gasteiger partial charge is 0.0747 e. The van der Waals surface area contributed by atoms with Crippen molar-refractivity contribution in [2.24, 2.45) is 0 Å². The molecule has 0 saturated carbocycles. The van der Waals surface area contributed by atoms with Crippen LogP contribution in [-0.4, -0.2) is 11.7 Å². The molecule has 2 N–H and O–H groups in total. The molecule has 0 aliphatic rings. The molecule has 18 heavy (non-hydrogen) atoms. The average molecular weight is 241 g/mol. The van der Waals surface area contributed by atoms with Crippen molar-refractivity contribution in [3.8, 4) is 0 Å². The van der Waals surface area contributed by atoms with E-state index in [4.69, 9.17) is 0 Å². The Morgan fingerprint density at radius 1 is 1.06 bits per heavy atom. The van der Waals surface area contributed by atoms with E-state index in [0.717, 1.165) is 11.3 Å². The van der Waals surface area contributed by atoms with Crippen LogP contribution in [0.5, 0.6) is 0 Å². The quantitative estimate of drug-likeness (QED) is 0.859. The maximum absolute atomic E-state index is 9.57. The Bertz CT molecular complexity index is 522. The average Bonchev–Trinajstić information content (AvgIpc) is 2.37. The third-order valence-electron chi connectivity index (χ3n) is 3.11. The summed E-state index contributed by atoms with van der Waals surface area (Å²) in [7, 11) is 0. The Morgan fingerprint density at radius 2 is 1.83 bits per heavy atom. The van der Waals surface area contributed by atoms with E-state index in [0.29, 0.717) is 0 Å². The van der Waals surface area contributed by atoms with E-state index in [-0.39, 0.29) is 12.6 Å². The molecule has 0 aliphatic carbocycles. The lowest BCUT2D eigenvalue weighted by molar-refractivity contribution is 0.276. The minimum atomic E-state index is -0.0620. The van der Waals surface area contributed by atoms with E-state index in [2.05, 4.69) is 43.4 Å². The molecule has 2 nitrogen and oxygen atoms in total. The molecule has 0 aromatic heterocycles. The van der Waals surface area contributed by atoms with E-state index in [1.165, 1.54) is 11.1 Å². The third-order valence-corrected chi connectivity index (χ3v) is 3.11. The molecule has 94 valence electrons. The highest BCUT2D eigenvalue weighted by Gasteiger charge is 2.11. The molecule has 0 radical (unpaired) electrons. The number of benzene rings is 2. The fourth-order valence-electron chi connectivity index (χ4n) is 2.14. The highest BCUT2D eigenvalue weighted by atomic mass is 16.3. The Balaban J connectivity index is 2.23. The Morgan fingerprint density at radius 3 is 2.50 bits per heavy atom. The van der Waals surface area contributed by atoms with Gasteiger partial charge in [0, 0.05) is 5.69 Å². The van der Waals surface area contributed by atoms with E-state index in [9.17, 15) is 5.11 Å². The fraction of sp³-hybridized carbons (Fsp3) is 0.250. The first-order chi connectivity index (χ1) is 8.70. The summed E-state index contributed by atoms with van der Waals surface area (Å²) in [6.07, 6.45) is 0. The van der Waals surface area contributed by atoms with Gasteiger partial charge in [-0.25, -0.2) is 0 Å². The minimum absolute atomic E-state index is 0.0620. The SMILES string of the molecule is Cc1cccc(NC(CO)c2ccccc2C)c1. The van der Waals surface area contributed by atoms with Crippen molar-refractivity contribution in [2.75, 3.05) is 11.9 Å². The summed E-state index contributed by atoms with van der Waals surface area (Å²) in [6.45, 7) is 4.21. The summed E-state index contributed by atoms with van der Waals surface area (Å²) in [5.41, 5.74) is 4.58. The number of aryl methyl sites for hydroxylation is 2. The summed E-state index contributed by atoms with van der Waals surface area (Å²) in [6, 6.07) is 16.3. The van der Waals surface area contributed by atoms with Crippen molar-refractivity contribution in [1.29, 1.82) is 0 Å². The topological polar surface area (TPSA) is 32.3 Å². The van der Waals surface area contributed by atoms with Crippen molar-refractivity contribution in [1.82, 2.24) is 0 Å². The zero-order chi connectivity index (χ0) is 13.0. The standard InChI is InChI=1S/C16H19NO/c1-12-6-5-8-14(10-12)17-16(11-18)15-9-4-3-7-13(15)2/h3-10,16-18H,11H2,1-2H3. The molecule has 0 amide bonds. The summed E-state index contributed by atoms with van der Waals surface area (Å²) < 4.78 is 0. The van der Waals surface area contributed by atoms with Crippen molar-refractivity contribution in [3.63, 3.8) is 0 Å². The zero-order valence-electron chi connectivity index (χ0n) is 10.9. The van der Waals surface area contributed by atoms with Gasteiger partial charge < -0.3 is 10.4 Å². The van der Waals surface area contributed by atoms with E-state index in [1.807, 2.05) is 24.3 Å². The van der Waals surface area contributed by atoms with Crippen LogP contribution in [0.15, 0.2) is 48.5 Å². The third kappa shape index (κ3) is 2.90. The first kappa shape index (κ1) is 12.7. The molecule has 1 unspecified atom stereocenters. The van der Waals surface area contributed by atoms with E-state index < -0.39 is 0 Å². The molecule has 2 heteroatoms. The van der Waals surface area contributed by atoms with Crippen LogP contribution in [0.25, 0.3) is 0 Å². The molecule has 1 atom stereocenters. The predicted octanol–water partition coefficient (Wildman–Crippen LogP) is 3.45. The van der Waals surface area contributed by atoms with E-state index in [1.54, 1.807) is 0 Å². The number of hydrogen-bond donors (Lipinski definition) is 2. The second-order valence-corrected chi connectivity index (χ2v) is 4.61. The lowest BCUT2D eigenvalue weighted by Crippen LogP contribution is -2.15. The van der Waals surface area contributed by atoms with Crippen LogP contribution >= 0.6 is 0 Å². The van der Waals surface area contributed by atoms with Crippen molar-refractivity contribution >= 4 is 5.69 Å². The molecule has 0 heterocycles. The summed E-state index contributed by atoms with van der Waals surface area (Å²) >= 11 is 0. The van der Waals surface area contributed by atoms with E-state index >= 15 is 0 Å². The van der Waals surface area contributed by atoms with Gasteiger partial charge in [-0.05, 0) is 42.7 Å². The lowest BCUT2D eigenvalue weighted by atomic mass is 10.0. The Hall–Kier alpha value is -1.80. The predicted molar refractivity (Wildman–Crippen MR) is 75.8 cm³/mol. The van der Waals surface area contributed by atoms with Crippen molar-refractivity contribution in [2.45, 2.75) is 19.9 Å². The van der Waals surface area contributed by atoms with Gasteiger partial charge in [0.05, 0.1) is 12.6 Å². The monoisotopic (exact) mass is 241 g/mol. The second-order valence-electron chi connectivity index (χ2n) is 4.61. The van der Waals surface area contributed by atoms with Gasteiger partial charge in [-0.15, -0.1) is 0 Å². The number of aliphatic hydroxyl groups excluding tert-OH is 1. The van der Waals surface area contributed by atoms with Gasteiger partial charge in [-0.3, -0.25) is 0 Å². The van der Waals surface area contributed by atoms with Crippen LogP contribution < -0.4 is 5.32 Å². The van der Waals surface area contributed by atoms with Crippen LogP contribution in [0, 0.1) is 13.8 Å². The molecule has 2 rings (SSSR count). The Kier molecular flexibility index (Phi) is 4.00. The van der Waals surface area contributed by atoms with Crippen molar-refractivity contribution < 1.29 is 5.11 Å². The molecular formula is C16H19NO. The maximum Gasteiger partial charge on any atom is 0.0747 e. The number of hydrogen-bond acceptors (Lipinski definition) is 2. The summed E-state index contributed by atoms with van der Waals surface area (Å²) in [4.78, 5) is 0. The van der Waals surface area contributed by atoms with Gasteiger partial charge in [0.2, 0.25) is 0 Å². The minimum Gasteiger partial charge on any atom is -0.394 e. The largest absolute Gasteiger partial charge is 0.394 e. The maximum atomic E-state index is 9.57. The normalized spacial score (nSPS) is 12.2. The second kappa shape index (κ2) is 5.69. The molecule has 0 bridgehead atoms. The molecule has 0 fully saturated rings. The number of nitrogens with one attached hydrogen (secondary N) is 1.